The zero-order valence-corrected chi connectivity index (χ0v) is 10.2. The Balaban J connectivity index is 1.83. The molecule has 0 spiro atoms. The second-order valence-electron chi connectivity index (χ2n) is 4.45. The smallest absolute Gasteiger partial charge is 0.220 e. The first-order valence-corrected chi connectivity index (χ1v) is 6.29. The average molecular weight is 233 g/mol. The number of carbonyl (C=O) groups is 1. The summed E-state index contributed by atoms with van der Waals surface area (Å²) in [5.74, 6) is 1.41. The Hall–Kier alpha value is -1.51. The minimum atomic E-state index is 0.149. The van der Waals surface area contributed by atoms with Crippen molar-refractivity contribution >= 4 is 5.91 Å². The van der Waals surface area contributed by atoms with Gasteiger partial charge in [0.25, 0.3) is 0 Å². The topological polar surface area (TPSA) is 38.3 Å². The van der Waals surface area contributed by atoms with Gasteiger partial charge in [0.05, 0.1) is 6.61 Å². The summed E-state index contributed by atoms with van der Waals surface area (Å²) in [7, 11) is 0. The lowest BCUT2D eigenvalue weighted by Gasteiger charge is -2.10. The highest BCUT2D eigenvalue weighted by Crippen LogP contribution is 2.32. The zero-order valence-electron chi connectivity index (χ0n) is 10.2. The summed E-state index contributed by atoms with van der Waals surface area (Å²) in [4.78, 5) is 11.5. The number of unbranched alkanes of at least 4 members (excludes halogenated alkanes) is 1. The second kappa shape index (κ2) is 5.71. The molecule has 1 amide bonds. The van der Waals surface area contributed by atoms with E-state index in [4.69, 9.17) is 4.74 Å². The quantitative estimate of drug-likeness (QED) is 0.848. The highest BCUT2D eigenvalue weighted by molar-refractivity contribution is 5.75. The van der Waals surface area contributed by atoms with Crippen LogP contribution in [-0.2, 0) is 4.79 Å². The number of carbonyl (C=O) groups excluding carboxylic acids is 1. The Morgan fingerprint density at radius 2 is 2.29 bits per heavy atom. The zero-order chi connectivity index (χ0) is 12.1. The molecule has 1 heterocycles. The molecule has 0 aromatic heterocycles. The molecule has 2 rings (SSSR count). The van der Waals surface area contributed by atoms with Crippen LogP contribution in [0.5, 0.6) is 5.75 Å². The molecule has 0 bridgehead atoms. The van der Waals surface area contributed by atoms with Crippen molar-refractivity contribution in [2.75, 3.05) is 13.2 Å². The number of rotatable bonds is 5. The predicted molar refractivity (Wildman–Crippen MR) is 67.2 cm³/mol. The molecule has 17 heavy (non-hydrogen) atoms. The molecule has 1 aliphatic rings. The second-order valence-corrected chi connectivity index (χ2v) is 4.45. The summed E-state index contributed by atoms with van der Waals surface area (Å²) in [5.41, 5.74) is 1.21. The van der Waals surface area contributed by atoms with Crippen LogP contribution in [0.2, 0.25) is 0 Å². The van der Waals surface area contributed by atoms with E-state index in [1.807, 2.05) is 18.2 Å². The Morgan fingerprint density at radius 3 is 3.12 bits per heavy atom. The molecule has 1 N–H and O–H groups in total. The van der Waals surface area contributed by atoms with Crippen LogP contribution in [0.15, 0.2) is 24.3 Å². The molecule has 0 saturated carbocycles. The summed E-state index contributed by atoms with van der Waals surface area (Å²) in [6.07, 6.45) is 2.65. The maximum Gasteiger partial charge on any atom is 0.220 e. The molecule has 0 aliphatic carbocycles. The molecular formula is C14H19NO2. The molecule has 1 atom stereocenters. The molecule has 92 valence electrons. The molecule has 0 saturated heterocycles. The number of hydrogen-bond donors (Lipinski definition) is 1. The highest BCUT2D eigenvalue weighted by Gasteiger charge is 2.23. The first-order chi connectivity index (χ1) is 8.31. The van der Waals surface area contributed by atoms with Gasteiger partial charge in [-0.2, -0.15) is 0 Å². The Kier molecular flexibility index (Phi) is 4.02. The van der Waals surface area contributed by atoms with E-state index in [2.05, 4.69) is 18.3 Å². The molecule has 1 unspecified atom stereocenters. The lowest BCUT2D eigenvalue weighted by Crippen LogP contribution is -2.28. The number of amides is 1. The van der Waals surface area contributed by atoms with Gasteiger partial charge in [-0.1, -0.05) is 31.5 Å². The number of fused-ring (bicyclic) bond motifs is 1. The summed E-state index contributed by atoms with van der Waals surface area (Å²) in [5, 5.41) is 2.98. The first-order valence-electron chi connectivity index (χ1n) is 6.29. The molecule has 0 radical (unpaired) electrons. The third-order valence-electron chi connectivity index (χ3n) is 3.10. The van der Waals surface area contributed by atoms with Crippen LogP contribution in [-0.4, -0.2) is 19.1 Å². The molecule has 3 heteroatoms. The van der Waals surface area contributed by atoms with E-state index in [-0.39, 0.29) is 5.91 Å². The van der Waals surface area contributed by atoms with Gasteiger partial charge in [0, 0.05) is 24.4 Å². The normalized spacial score (nSPS) is 17.4. The van der Waals surface area contributed by atoms with E-state index in [1.165, 1.54) is 5.56 Å². The fraction of sp³-hybridized carbons (Fsp3) is 0.500. The molecule has 1 aliphatic heterocycles. The van der Waals surface area contributed by atoms with Gasteiger partial charge >= 0.3 is 0 Å². The van der Waals surface area contributed by atoms with Gasteiger partial charge in [-0.3, -0.25) is 4.79 Å². The van der Waals surface area contributed by atoms with Crippen molar-refractivity contribution in [3.63, 3.8) is 0 Å². The summed E-state index contributed by atoms with van der Waals surface area (Å²) >= 11 is 0. The number of hydrogen-bond acceptors (Lipinski definition) is 2. The lowest BCUT2D eigenvalue weighted by atomic mass is 10.0. The number of ether oxygens (including phenoxy) is 1. The van der Waals surface area contributed by atoms with Gasteiger partial charge in [-0.15, -0.1) is 0 Å². The molecule has 3 nitrogen and oxygen atoms in total. The minimum absolute atomic E-state index is 0.149. The maximum absolute atomic E-state index is 11.5. The van der Waals surface area contributed by atoms with Crippen LogP contribution in [0, 0.1) is 0 Å². The Morgan fingerprint density at radius 1 is 1.47 bits per heavy atom. The van der Waals surface area contributed by atoms with E-state index in [9.17, 15) is 4.79 Å². The number of para-hydroxylation sites is 1. The van der Waals surface area contributed by atoms with Crippen LogP contribution < -0.4 is 10.1 Å². The Labute approximate surface area is 102 Å². The van der Waals surface area contributed by atoms with Gasteiger partial charge in [0.2, 0.25) is 5.91 Å². The van der Waals surface area contributed by atoms with Crippen LogP contribution in [0.4, 0.5) is 0 Å². The molecule has 0 fully saturated rings. The number of benzene rings is 1. The van der Waals surface area contributed by atoms with E-state index < -0.39 is 0 Å². The van der Waals surface area contributed by atoms with Crippen molar-refractivity contribution in [3.05, 3.63) is 29.8 Å². The van der Waals surface area contributed by atoms with E-state index in [0.717, 1.165) is 18.6 Å². The van der Waals surface area contributed by atoms with Crippen molar-refractivity contribution in [2.24, 2.45) is 0 Å². The van der Waals surface area contributed by atoms with Gasteiger partial charge < -0.3 is 10.1 Å². The van der Waals surface area contributed by atoms with Crippen LogP contribution in [0.1, 0.15) is 37.7 Å². The van der Waals surface area contributed by atoms with E-state index >= 15 is 0 Å². The van der Waals surface area contributed by atoms with Crippen LogP contribution in [0.25, 0.3) is 0 Å². The van der Waals surface area contributed by atoms with Crippen molar-refractivity contribution in [1.29, 1.82) is 0 Å². The summed E-state index contributed by atoms with van der Waals surface area (Å²) < 4.78 is 5.57. The largest absolute Gasteiger partial charge is 0.493 e. The summed E-state index contributed by atoms with van der Waals surface area (Å²) in [6, 6.07) is 8.04. The summed E-state index contributed by atoms with van der Waals surface area (Å²) in [6.45, 7) is 3.45. The van der Waals surface area contributed by atoms with Gasteiger partial charge in [-0.25, -0.2) is 0 Å². The monoisotopic (exact) mass is 233 g/mol. The van der Waals surface area contributed by atoms with Crippen LogP contribution in [0.3, 0.4) is 0 Å². The van der Waals surface area contributed by atoms with Gasteiger partial charge in [0.1, 0.15) is 5.75 Å². The Bertz CT molecular complexity index is 390. The molecular weight excluding hydrogens is 214 g/mol. The lowest BCUT2D eigenvalue weighted by molar-refractivity contribution is -0.121. The van der Waals surface area contributed by atoms with Crippen molar-refractivity contribution in [2.45, 2.75) is 32.1 Å². The first kappa shape index (κ1) is 12.0. The van der Waals surface area contributed by atoms with Crippen LogP contribution >= 0.6 is 0 Å². The van der Waals surface area contributed by atoms with Crippen molar-refractivity contribution in [1.82, 2.24) is 5.32 Å². The van der Waals surface area contributed by atoms with Crippen molar-refractivity contribution < 1.29 is 9.53 Å². The maximum atomic E-state index is 11.5. The SMILES string of the molecule is CCCCC(=O)NCC1COc2ccccc21. The highest BCUT2D eigenvalue weighted by atomic mass is 16.5. The third-order valence-corrected chi connectivity index (χ3v) is 3.10. The fourth-order valence-electron chi connectivity index (χ4n) is 2.06. The standard InChI is InChI=1S/C14H19NO2/c1-2-3-8-14(16)15-9-11-10-17-13-7-5-4-6-12(11)13/h4-7,11H,2-3,8-10H2,1H3,(H,15,16). The minimum Gasteiger partial charge on any atom is -0.493 e. The van der Waals surface area contributed by atoms with Gasteiger partial charge in [0.15, 0.2) is 0 Å². The molecule has 1 aromatic rings. The van der Waals surface area contributed by atoms with E-state index in [1.54, 1.807) is 0 Å². The molecule has 1 aromatic carbocycles. The number of nitrogens with one attached hydrogen (secondary N) is 1. The van der Waals surface area contributed by atoms with Gasteiger partial charge in [-0.05, 0) is 12.5 Å². The van der Waals surface area contributed by atoms with Crippen molar-refractivity contribution in [3.8, 4) is 5.75 Å². The third kappa shape index (κ3) is 2.99. The average Bonchev–Trinajstić information content (AvgIpc) is 2.77. The fourth-order valence-corrected chi connectivity index (χ4v) is 2.06. The predicted octanol–water partition coefficient (Wildman–Crippen LogP) is 2.47. The van der Waals surface area contributed by atoms with E-state index in [0.29, 0.717) is 25.5 Å².